The fraction of sp³-hybridized carbons (Fsp3) is 0.391. The minimum atomic E-state index is -0.0797. The molecule has 2 aliphatic rings. The number of benzene rings is 2. The summed E-state index contributed by atoms with van der Waals surface area (Å²) in [6.07, 6.45) is 4.69. The van der Waals surface area contributed by atoms with Crippen molar-refractivity contribution in [2.24, 2.45) is 0 Å². The van der Waals surface area contributed by atoms with E-state index in [0.29, 0.717) is 12.6 Å². The third-order valence-corrected chi connectivity index (χ3v) is 6.19. The van der Waals surface area contributed by atoms with Crippen molar-refractivity contribution in [1.29, 1.82) is 0 Å². The molecular formula is C23H25FN2. The van der Waals surface area contributed by atoms with E-state index in [1.807, 2.05) is 12.1 Å². The van der Waals surface area contributed by atoms with Crippen molar-refractivity contribution in [2.75, 3.05) is 6.54 Å². The molecular weight excluding hydrogens is 323 g/mol. The van der Waals surface area contributed by atoms with Crippen LogP contribution in [0.5, 0.6) is 0 Å². The molecule has 3 aromatic rings. The molecule has 1 aliphatic heterocycles. The SMILES string of the molecule is Cc1ccc2c(c1)c1c3n2CCCN(Cc2ccccc2F)[C@H]3CCC1. The summed E-state index contributed by atoms with van der Waals surface area (Å²) in [5.74, 6) is -0.0797. The van der Waals surface area contributed by atoms with E-state index in [1.165, 1.54) is 41.4 Å². The number of hydrogen-bond donors (Lipinski definition) is 0. The van der Waals surface area contributed by atoms with Gasteiger partial charge in [0.05, 0.1) is 6.04 Å². The first-order chi connectivity index (χ1) is 12.7. The molecule has 26 heavy (non-hydrogen) atoms. The molecule has 1 atom stereocenters. The molecule has 2 heterocycles. The molecule has 0 amide bonds. The van der Waals surface area contributed by atoms with Crippen molar-refractivity contribution in [3.05, 3.63) is 70.7 Å². The van der Waals surface area contributed by atoms with Crippen LogP contribution in [0.3, 0.4) is 0 Å². The first kappa shape index (κ1) is 16.1. The first-order valence-corrected chi connectivity index (χ1v) is 9.81. The number of halogens is 1. The van der Waals surface area contributed by atoms with Crippen LogP contribution in [-0.4, -0.2) is 16.0 Å². The lowest BCUT2D eigenvalue weighted by Crippen LogP contribution is -2.31. The van der Waals surface area contributed by atoms with Crippen LogP contribution in [0.15, 0.2) is 42.5 Å². The third-order valence-electron chi connectivity index (χ3n) is 6.19. The quantitative estimate of drug-likeness (QED) is 0.604. The lowest BCUT2D eigenvalue weighted by molar-refractivity contribution is 0.171. The highest BCUT2D eigenvalue weighted by Gasteiger charge is 2.33. The highest BCUT2D eigenvalue weighted by Crippen LogP contribution is 2.42. The standard InChI is InChI=1S/C23H25FN2/c1-16-10-11-21-19(14-16)18-7-4-9-22-23(18)26(21)13-5-12-25(22)15-17-6-2-3-8-20(17)24/h2-3,6,8,10-11,14,22H,4-5,7,9,12-13,15H2,1H3/t22-/m0/s1. The van der Waals surface area contributed by atoms with E-state index in [-0.39, 0.29) is 5.82 Å². The zero-order valence-corrected chi connectivity index (χ0v) is 15.3. The van der Waals surface area contributed by atoms with Crippen LogP contribution in [0.1, 0.15) is 47.7 Å². The van der Waals surface area contributed by atoms with Gasteiger partial charge >= 0.3 is 0 Å². The Kier molecular flexibility index (Phi) is 3.86. The molecule has 0 saturated heterocycles. The fourth-order valence-corrected chi connectivity index (χ4v) is 5.03. The van der Waals surface area contributed by atoms with Crippen LogP contribution in [-0.2, 0) is 19.5 Å². The Hall–Kier alpha value is -2.13. The van der Waals surface area contributed by atoms with Gasteiger partial charge in [0.25, 0.3) is 0 Å². The van der Waals surface area contributed by atoms with Crippen LogP contribution in [0.25, 0.3) is 10.9 Å². The summed E-state index contributed by atoms with van der Waals surface area (Å²) in [5.41, 5.74) is 6.59. The third kappa shape index (κ3) is 2.49. The van der Waals surface area contributed by atoms with Gasteiger partial charge in [-0.3, -0.25) is 4.90 Å². The second kappa shape index (κ2) is 6.24. The van der Waals surface area contributed by atoms with E-state index in [0.717, 1.165) is 25.1 Å². The van der Waals surface area contributed by atoms with Crippen LogP contribution in [0.4, 0.5) is 4.39 Å². The average molecular weight is 348 g/mol. The van der Waals surface area contributed by atoms with E-state index in [2.05, 4.69) is 34.6 Å². The second-order valence-electron chi connectivity index (χ2n) is 7.86. The van der Waals surface area contributed by atoms with Gasteiger partial charge in [0, 0.05) is 41.8 Å². The van der Waals surface area contributed by atoms with Crippen LogP contribution < -0.4 is 0 Å². The minimum Gasteiger partial charge on any atom is -0.343 e. The molecule has 1 aromatic heterocycles. The molecule has 0 N–H and O–H groups in total. The summed E-state index contributed by atoms with van der Waals surface area (Å²) in [6, 6.07) is 14.5. The Balaban J connectivity index is 1.61. The number of rotatable bonds is 2. The Morgan fingerprint density at radius 3 is 2.85 bits per heavy atom. The van der Waals surface area contributed by atoms with E-state index in [1.54, 1.807) is 17.7 Å². The zero-order chi connectivity index (χ0) is 17.7. The summed E-state index contributed by atoms with van der Waals surface area (Å²) in [5, 5.41) is 1.44. The predicted octanol–water partition coefficient (Wildman–Crippen LogP) is 5.37. The largest absolute Gasteiger partial charge is 0.343 e. The van der Waals surface area contributed by atoms with Gasteiger partial charge in [-0.25, -0.2) is 4.39 Å². The molecule has 0 bridgehead atoms. The van der Waals surface area contributed by atoms with Crippen molar-refractivity contribution in [2.45, 2.75) is 51.7 Å². The molecule has 2 aromatic carbocycles. The summed E-state index contributed by atoms with van der Waals surface area (Å²) < 4.78 is 16.8. The van der Waals surface area contributed by atoms with Crippen molar-refractivity contribution < 1.29 is 4.39 Å². The molecule has 2 nitrogen and oxygen atoms in total. The zero-order valence-electron chi connectivity index (χ0n) is 15.3. The smallest absolute Gasteiger partial charge is 0.127 e. The van der Waals surface area contributed by atoms with Gasteiger partial charge in [0.2, 0.25) is 0 Å². The van der Waals surface area contributed by atoms with Gasteiger partial charge in [-0.05, 0) is 56.4 Å². The predicted molar refractivity (Wildman–Crippen MR) is 104 cm³/mol. The molecule has 0 saturated carbocycles. The number of nitrogens with zero attached hydrogens (tertiary/aromatic N) is 2. The van der Waals surface area contributed by atoms with E-state index in [9.17, 15) is 4.39 Å². The monoisotopic (exact) mass is 348 g/mol. The average Bonchev–Trinajstić information content (AvgIpc) is 2.83. The van der Waals surface area contributed by atoms with Gasteiger partial charge in [-0.2, -0.15) is 0 Å². The molecule has 3 heteroatoms. The van der Waals surface area contributed by atoms with Gasteiger partial charge in [0.1, 0.15) is 5.82 Å². The van der Waals surface area contributed by atoms with Gasteiger partial charge in [0.15, 0.2) is 0 Å². The summed E-state index contributed by atoms with van der Waals surface area (Å²) in [4.78, 5) is 2.52. The normalized spacial score (nSPS) is 20.2. The topological polar surface area (TPSA) is 8.17 Å². The maximum absolute atomic E-state index is 14.2. The number of aryl methyl sites for hydroxylation is 3. The maximum atomic E-state index is 14.2. The van der Waals surface area contributed by atoms with E-state index >= 15 is 0 Å². The van der Waals surface area contributed by atoms with Crippen molar-refractivity contribution in [1.82, 2.24) is 9.47 Å². The Morgan fingerprint density at radius 2 is 1.96 bits per heavy atom. The van der Waals surface area contributed by atoms with Crippen LogP contribution in [0.2, 0.25) is 0 Å². The summed E-state index contributed by atoms with van der Waals surface area (Å²) in [7, 11) is 0. The highest BCUT2D eigenvalue weighted by molar-refractivity contribution is 5.86. The Labute approximate surface area is 154 Å². The van der Waals surface area contributed by atoms with Crippen molar-refractivity contribution in [3.63, 3.8) is 0 Å². The van der Waals surface area contributed by atoms with Gasteiger partial charge < -0.3 is 4.57 Å². The summed E-state index contributed by atoms with van der Waals surface area (Å²) >= 11 is 0. The lowest BCUT2D eigenvalue weighted by atomic mass is 9.90. The second-order valence-corrected chi connectivity index (χ2v) is 7.86. The number of aromatic nitrogens is 1. The lowest BCUT2D eigenvalue weighted by Gasteiger charge is -2.33. The van der Waals surface area contributed by atoms with Gasteiger partial charge in [-0.15, -0.1) is 0 Å². The molecule has 134 valence electrons. The number of hydrogen-bond acceptors (Lipinski definition) is 1. The van der Waals surface area contributed by atoms with Crippen molar-refractivity contribution in [3.8, 4) is 0 Å². The molecule has 0 spiro atoms. The Bertz CT molecular complexity index is 968. The first-order valence-electron chi connectivity index (χ1n) is 9.81. The maximum Gasteiger partial charge on any atom is 0.127 e. The van der Waals surface area contributed by atoms with Crippen LogP contribution in [0, 0.1) is 12.7 Å². The highest BCUT2D eigenvalue weighted by atomic mass is 19.1. The summed E-state index contributed by atoms with van der Waals surface area (Å²) in [6.45, 7) is 4.99. The molecule has 5 rings (SSSR count). The Morgan fingerprint density at radius 1 is 1.08 bits per heavy atom. The molecule has 0 fully saturated rings. The fourth-order valence-electron chi connectivity index (χ4n) is 5.03. The molecule has 1 aliphatic carbocycles. The number of fused-ring (bicyclic) bond motifs is 3. The van der Waals surface area contributed by atoms with E-state index in [4.69, 9.17) is 0 Å². The van der Waals surface area contributed by atoms with E-state index < -0.39 is 0 Å². The minimum absolute atomic E-state index is 0.0797. The molecule has 0 unspecified atom stereocenters. The van der Waals surface area contributed by atoms with Crippen LogP contribution >= 0.6 is 0 Å². The van der Waals surface area contributed by atoms with Gasteiger partial charge in [-0.1, -0.05) is 29.8 Å². The molecule has 0 radical (unpaired) electrons. The van der Waals surface area contributed by atoms with Crippen molar-refractivity contribution >= 4 is 10.9 Å².